The number of ketones is 1. The maximum Gasteiger partial charge on any atom is 0.231 e. The second kappa shape index (κ2) is 9.05. The number of fused-ring (bicyclic) bond motifs is 2. The number of rotatable bonds is 5. The van der Waals surface area contributed by atoms with Crippen LogP contribution in [0.2, 0.25) is 5.02 Å². The van der Waals surface area contributed by atoms with Crippen LogP contribution in [0.5, 0.6) is 23.0 Å². The third-order valence-electron chi connectivity index (χ3n) is 6.00. The number of allylic oxidation sites excluding steroid dienone is 1. The van der Waals surface area contributed by atoms with Crippen LogP contribution in [-0.4, -0.2) is 31.6 Å². The summed E-state index contributed by atoms with van der Waals surface area (Å²) in [5.74, 6) is 2.86. The Morgan fingerprint density at radius 2 is 1.88 bits per heavy atom. The first-order chi connectivity index (χ1) is 16.5. The molecular formula is C27H24ClNO5. The predicted octanol–water partition coefficient (Wildman–Crippen LogP) is 5.63. The molecular weight excluding hydrogens is 454 g/mol. The minimum Gasteiger partial charge on any atom is -0.493 e. The van der Waals surface area contributed by atoms with E-state index in [4.69, 9.17) is 30.5 Å². The van der Waals surface area contributed by atoms with Crippen LogP contribution in [0.4, 0.5) is 0 Å². The lowest BCUT2D eigenvalue weighted by Crippen LogP contribution is -2.32. The molecule has 0 aliphatic carbocycles. The molecule has 6 nitrogen and oxygen atoms in total. The van der Waals surface area contributed by atoms with Crippen molar-refractivity contribution in [2.75, 3.05) is 21.0 Å². The van der Waals surface area contributed by atoms with Gasteiger partial charge in [-0.25, -0.2) is 0 Å². The Kier molecular flexibility index (Phi) is 5.94. The summed E-state index contributed by atoms with van der Waals surface area (Å²) in [7, 11) is 3.24. The lowest BCUT2D eigenvalue weighted by Gasteiger charge is -2.30. The number of carbonyl (C=O) groups excluding carboxylic acids is 1. The topological polar surface area (TPSA) is 57.2 Å². The molecule has 0 radical (unpaired) electrons. The molecule has 0 atom stereocenters. The Bertz CT molecular complexity index is 1320. The maximum absolute atomic E-state index is 13.1. The minimum atomic E-state index is -0.141. The number of ether oxygens (including phenoxy) is 4. The zero-order valence-corrected chi connectivity index (χ0v) is 19.9. The number of nitrogens with zero attached hydrogens (tertiary/aromatic N) is 1. The number of hydrogen-bond acceptors (Lipinski definition) is 6. The number of benzene rings is 3. The summed E-state index contributed by atoms with van der Waals surface area (Å²) >= 11 is 6.08. The second-order valence-electron chi connectivity index (χ2n) is 8.31. The molecule has 3 aromatic rings. The Balaban J connectivity index is 1.39. The van der Waals surface area contributed by atoms with Gasteiger partial charge in [0.05, 0.1) is 19.8 Å². The standard InChI is InChI=1S/C27H24ClNO5/c1-16-26-19(14-29(15-33-26)13-18-7-8-22(31-2)23(11-18)32-3)12-21-25(30)24(34-27(16)21)10-17-5-4-6-20(28)9-17/h4-12H,13-15H2,1-3H3/b24-10-. The molecule has 0 fully saturated rings. The van der Waals surface area contributed by atoms with E-state index in [0.717, 1.165) is 28.0 Å². The molecule has 0 bridgehead atoms. The van der Waals surface area contributed by atoms with Crippen LogP contribution in [0.25, 0.3) is 6.08 Å². The van der Waals surface area contributed by atoms with Crippen molar-refractivity contribution < 1.29 is 23.7 Å². The van der Waals surface area contributed by atoms with Crippen molar-refractivity contribution in [2.24, 2.45) is 0 Å². The zero-order chi connectivity index (χ0) is 23.8. The third kappa shape index (κ3) is 4.11. The molecule has 3 aromatic carbocycles. The van der Waals surface area contributed by atoms with E-state index in [0.29, 0.717) is 47.7 Å². The highest BCUT2D eigenvalue weighted by atomic mass is 35.5. The monoisotopic (exact) mass is 477 g/mol. The van der Waals surface area contributed by atoms with Gasteiger partial charge in [0, 0.05) is 29.2 Å². The Labute approximate surface area is 203 Å². The molecule has 34 heavy (non-hydrogen) atoms. The van der Waals surface area contributed by atoms with Crippen molar-refractivity contribution in [1.82, 2.24) is 4.90 Å². The molecule has 0 amide bonds. The summed E-state index contributed by atoms with van der Waals surface area (Å²) < 4.78 is 22.8. The molecule has 7 heteroatoms. The van der Waals surface area contributed by atoms with E-state index in [-0.39, 0.29) is 11.5 Å². The predicted molar refractivity (Wildman–Crippen MR) is 130 cm³/mol. The number of Topliss-reactive ketones (excluding diaryl/α,β-unsaturated/α-hetero) is 1. The van der Waals surface area contributed by atoms with Gasteiger partial charge >= 0.3 is 0 Å². The summed E-state index contributed by atoms with van der Waals surface area (Å²) in [5.41, 5.74) is 4.24. The van der Waals surface area contributed by atoms with Crippen LogP contribution >= 0.6 is 11.6 Å². The average molecular weight is 478 g/mol. The first-order valence-electron chi connectivity index (χ1n) is 10.9. The lowest BCUT2D eigenvalue weighted by molar-refractivity contribution is 0.0876. The number of carbonyl (C=O) groups is 1. The van der Waals surface area contributed by atoms with Gasteiger partial charge in [-0.2, -0.15) is 0 Å². The largest absolute Gasteiger partial charge is 0.493 e. The third-order valence-corrected chi connectivity index (χ3v) is 6.24. The van der Waals surface area contributed by atoms with Gasteiger partial charge in [-0.15, -0.1) is 0 Å². The zero-order valence-electron chi connectivity index (χ0n) is 19.2. The van der Waals surface area contributed by atoms with E-state index >= 15 is 0 Å². The van der Waals surface area contributed by atoms with Crippen molar-refractivity contribution in [1.29, 1.82) is 0 Å². The van der Waals surface area contributed by atoms with E-state index < -0.39 is 0 Å². The first-order valence-corrected chi connectivity index (χ1v) is 11.3. The van der Waals surface area contributed by atoms with Crippen LogP contribution in [0.3, 0.4) is 0 Å². The summed E-state index contributed by atoms with van der Waals surface area (Å²) in [6.07, 6.45) is 1.72. The molecule has 0 unspecified atom stereocenters. The average Bonchev–Trinajstić information content (AvgIpc) is 3.14. The maximum atomic E-state index is 13.1. The Morgan fingerprint density at radius 3 is 2.65 bits per heavy atom. The highest BCUT2D eigenvalue weighted by Gasteiger charge is 2.33. The fourth-order valence-electron chi connectivity index (χ4n) is 4.38. The van der Waals surface area contributed by atoms with Gasteiger partial charge in [0.15, 0.2) is 17.3 Å². The van der Waals surface area contributed by atoms with Crippen molar-refractivity contribution in [2.45, 2.75) is 20.0 Å². The van der Waals surface area contributed by atoms with Crippen molar-refractivity contribution in [3.05, 3.63) is 87.1 Å². The van der Waals surface area contributed by atoms with Crippen LogP contribution in [-0.2, 0) is 13.1 Å². The number of hydrogen-bond donors (Lipinski definition) is 0. The van der Waals surface area contributed by atoms with E-state index in [1.165, 1.54) is 0 Å². The van der Waals surface area contributed by atoms with Gasteiger partial charge in [-0.3, -0.25) is 9.69 Å². The summed E-state index contributed by atoms with van der Waals surface area (Å²) in [4.78, 5) is 15.3. The molecule has 2 heterocycles. The van der Waals surface area contributed by atoms with Crippen LogP contribution in [0, 0.1) is 6.92 Å². The Hall–Kier alpha value is -3.48. The first kappa shape index (κ1) is 22.3. The van der Waals surface area contributed by atoms with Gasteiger partial charge in [0.2, 0.25) is 5.78 Å². The van der Waals surface area contributed by atoms with Gasteiger partial charge in [0.25, 0.3) is 0 Å². The van der Waals surface area contributed by atoms with Gasteiger partial charge < -0.3 is 18.9 Å². The smallest absolute Gasteiger partial charge is 0.231 e. The molecule has 0 saturated heterocycles. The van der Waals surface area contributed by atoms with Gasteiger partial charge in [-0.1, -0.05) is 29.8 Å². The van der Waals surface area contributed by atoms with Crippen molar-refractivity contribution >= 4 is 23.5 Å². The van der Waals surface area contributed by atoms with E-state index in [1.807, 2.05) is 43.3 Å². The van der Waals surface area contributed by atoms with Gasteiger partial charge in [0.1, 0.15) is 18.2 Å². The van der Waals surface area contributed by atoms with Crippen molar-refractivity contribution in [3.63, 3.8) is 0 Å². The normalized spacial score (nSPS) is 16.0. The second-order valence-corrected chi connectivity index (χ2v) is 8.75. The molecule has 174 valence electrons. The summed E-state index contributed by atoms with van der Waals surface area (Å²) in [6.45, 7) is 3.68. The van der Waals surface area contributed by atoms with Crippen LogP contribution in [0.15, 0.2) is 54.3 Å². The van der Waals surface area contributed by atoms with Crippen LogP contribution in [0.1, 0.15) is 32.6 Å². The molecule has 2 aliphatic heterocycles. The number of methoxy groups -OCH3 is 2. The molecule has 0 spiro atoms. The highest BCUT2D eigenvalue weighted by Crippen LogP contribution is 2.43. The lowest BCUT2D eigenvalue weighted by atomic mass is 10.00. The summed E-state index contributed by atoms with van der Waals surface area (Å²) in [5, 5.41) is 0.604. The number of halogens is 1. The Morgan fingerprint density at radius 1 is 1.06 bits per heavy atom. The van der Waals surface area contributed by atoms with E-state index in [9.17, 15) is 4.79 Å². The molecule has 0 N–H and O–H groups in total. The SMILES string of the molecule is COc1ccc(CN2COc3c(cc4c(c3C)O/C(=C\c3cccc(Cl)c3)C4=O)C2)cc1OC. The van der Waals surface area contributed by atoms with E-state index in [2.05, 4.69) is 4.90 Å². The highest BCUT2D eigenvalue weighted by molar-refractivity contribution is 6.30. The fourth-order valence-corrected chi connectivity index (χ4v) is 4.58. The van der Waals surface area contributed by atoms with Gasteiger partial charge in [-0.05, 0) is 54.5 Å². The van der Waals surface area contributed by atoms with E-state index in [1.54, 1.807) is 32.4 Å². The summed E-state index contributed by atoms with van der Waals surface area (Å²) in [6, 6.07) is 15.1. The molecule has 0 saturated carbocycles. The fraction of sp³-hybridized carbons (Fsp3) is 0.222. The molecule has 0 aromatic heterocycles. The minimum absolute atomic E-state index is 0.141. The van der Waals surface area contributed by atoms with Crippen LogP contribution < -0.4 is 18.9 Å². The molecule has 2 aliphatic rings. The molecule has 5 rings (SSSR count). The van der Waals surface area contributed by atoms with Crippen molar-refractivity contribution in [3.8, 4) is 23.0 Å². The quantitative estimate of drug-likeness (QED) is 0.444.